The van der Waals surface area contributed by atoms with Crippen molar-refractivity contribution in [2.75, 3.05) is 19.9 Å². The summed E-state index contributed by atoms with van der Waals surface area (Å²) >= 11 is 5.03. The minimum absolute atomic E-state index is 0.101. The van der Waals surface area contributed by atoms with Crippen molar-refractivity contribution >= 4 is 33.6 Å². The van der Waals surface area contributed by atoms with Gasteiger partial charge in [0.25, 0.3) is 0 Å². The zero-order valence-corrected chi connectivity index (χ0v) is 15.0. The first kappa shape index (κ1) is 16.9. The Morgan fingerprint density at radius 1 is 1.23 bits per heavy atom. The lowest BCUT2D eigenvalue weighted by atomic mass is 10.2. The summed E-state index contributed by atoms with van der Waals surface area (Å²) in [5, 5.41) is 0. The zero-order valence-electron chi connectivity index (χ0n) is 12.6. The van der Waals surface area contributed by atoms with Gasteiger partial charge in [-0.2, -0.15) is 0 Å². The molecular weight excluding hydrogens is 362 g/mol. The lowest BCUT2D eigenvalue weighted by Crippen LogP contribution is -2.27. The number of thioether (sulfide) groups is 1. The predicted octanol–water partition coefficient (Wildman–Crippen LogP) is 4.21. The zero-order chi connectivity index (χ0) is 15.9. The maximum absolute atomic E-state index is 12.2. The maximum atomic E-state index is 12.2. The van der Waals surface area contributed by atoms with Crippen molar-refractivity contribution in [2.45, 2.75) is 11.4 Å². The molecule has 22 heavy (non-hydrogen) atoms. The van der Waals surface area contributed by atoms with Crippen molar-refractivity contribution < 1.29 is 9.53 Å². The summed E-state index contributed by atoms with van der Waals surface area (Å²) in [7, 11) is 3.46. The molecule has 0 aromatic heterocycles. The van der Waals surface area contributed by atoms with Crippen molar-refractivity contribution in [3.8, 4) is 5.75 Å². The summed E-state index contributed by atoms with van der Waals surface area (Å²) < 4.78 is 6.22. The summed E-state index contributed by atoms with van der Waals surface area (Å²) in [5.41, 5.74) is 1.06. The Hall–Kier alpha value is -1.46. The fourth-order valence-electron chi connectivity index (χ4n) is 1.94. The van der Waals surface area contributed by atoms with Gasteiger partial charge in [-0.3, -0.25) is 4.79 Å². The third-order valence-electron chi connectivity index (χ3n) is 3.17. The molecule has 0 atom stereocenters. The SMILES string of the molecule is COc1cccc(CN(C)C(=O)CSc2ccccc2Br)c1. The molecule has 0 fully saturated rings. The van der Waals surface area contributed by atoms with Gasteiger partial charge in [-0.15, -0.1) is 11.8 Å². The van der Waals surface area contributed by atoms with E-state index in [0.717, 1.165) is 20.7 Å². The number of nitrogens with zero attached hydrogens (tertiary/aromatic N) is 1. The highest BCUT2D eigenvalue weighted by Crippen LogP contribution is 2.27. The predicted molar refractivity (Wildman–Crippen MR) is 94.3 cm³/mol. The highest BCUT2D eigenvalue weighted by Gasteiger charge is 2.11. The van der Waals surface area contributed by atoms with Gasteiger partial charge >= 0.3 is 0 Å². The van der Waals surface area contributed by atoms with E-state index in [9.17, 15) is 4.79 Å². The Labute approximate surface area is 143 Å². The van der Waals surface area contributed by atoms with Crippen LogP contribution in [-0.4, -0.2) is 30.7 Å². The van der Waals surface area contributed by atoms with Crippen molar-refractivity contribution in [3.05, 3.63) is 58.6 Å². The molecule has 2 aromatic rings. The summed E-state index contributed by atoms with van der Waals surface area (Å²) in [6.45, 7) is 0.576. The molecule has 1 amide bonds. The summed E-state index contributed by atoms with van der Waals surface area (Å²) in [6.07, 6.45) is 0. The number of ether oxygens (including phenoxy) is 1. The lowest BCUT2D eigenvalue weighted by Gasteiger charge is -2.17. The van der Waals surface area contributed by atoms with Gasteiger partial charge in [-0.25, -0.2) is 0 Å². The number of carbonyl (C=O) groups is 1. The fourth-order valence-corrected chi connectivity index (χ4v) is 3.45. The van der Waals surface area contributed by atoms with Crippen LogP contribution in [0.15, 0.2) is 57.9 Å². The molecule has 0 saturated heterocycles. The second-order valence-electron chi connectivity index (χ2n) is 4.82. The monoisotopic (exact) mass is 379 g/mol. The van der Waals surface area contributed by atoms with Crippen molar-refractivity contribution in [3.63, 3.8) is 0 Å². The number of halogens is 1. The van der Waals surface area contributed by atoms with E-state index in [0.29, 0.717) is 12.3 Å². The van der Waals surface area contributed by atoms with Gasteiger partial charge in [-0.1, -0.05) is 24.3 Å². The van der Waals surface area contributed by atoms with E-state index in [1.165, 1.54) is 11.8 Å². The van der Waals surface area contributed by atoms with Crippen LogP contribution >= 0.6 is 27.7 Å². The van der Waals surface area contributed by atoms with Gasteiger partial charge in [0.15, 0.2) is 0 Å². The molecule has 2 aromatic carbocycles. The highest BCUT2D eigenvalue weighted by atomic mass is 79.9. The van der Waals surface area contributed by atoms with Gasteiger partial charge in [0, 0.05) is 23.0 Å². The number of rotatable bonds is 6. The molecule has 0 heterocycles. The topological polar surface area (TPSA) is 29.5 Å². The highest BCUT2D eigenvalue weighted by molar-refractivity contribution is 9.10. The van der Waals surface area contributed by atoms with Gasteiger partial charge in [0.2, 0.25) is 5.91 Å². The fraction of sp³-hybridized carbons (Fsp3) is 0.235. The first-order chi connectivity index (χ1) is 10.6. The van der Waals surface area contributed by atoms with E-state index in [4.69, 9.17) is 4.74 Å². The van der Waals surface area contributed by atoms with Crippen LogP contribution in [0, 0.1) is 0 Å². The summed E-state index contributed by atoms with van der Waals surface area (Å²) in [6, 6.07) is 15.7. The molecular formula is C17H18BrNO2S. The Bertz CT molecular complexity index is 648. The Morgan fingerprint density at radius 3 is 2.73 bits per heavy atom. The summed E-state index contributed by atoms with van der Waals surface area (Å²) in [5.74, 6) is 1.33. The van der Waals surface area contributed by atoms with Crippen LogP contribution in [0.25, 0.3) is 0 Å². The molecule has 0 radical (unpaired) electrons. The van der Waals surface area contributed by atoms with Gasteiger partial charge in [0.05, 0.1) is 12.9 Å². The van der Waals surface area contributed by atoms with Crippen LogP contribution in [0.3, 0.4) is 0 Å². The first-order valence-electron chi connectivity index (χ1n) is 6.84. The number of hydrogen-bond donors (Lipinski definition) is 0. The number of carbonyl (C=O) groups excluding carboxylic acids is 1. The van der Waals surface area contributed by atoms with Crippen molar-refractivity contribution in [1.82, 2.24) is 4.90 Å². The minimum atomic E-state index is 0.101. The molecule has 0 aliphatic rings. The van der Waals surface area contributed by atoms with E-state index >= 15 is 0 Å². The second-order valence-corrected chi connectivity index (χ2v) is 6.69. The first-order valence-corrected chi connectivity index (χ1v) is 8.62. The van der Waals surface area contributed by atoms with E-state index in [1.54, 1.807) is 12.0 Å². The number of methoxy groups -OCH3 is 1. The molecule has 0 spiro atoms. The van der Waals surface area contributed by atoms with E-state index in [2.05, 4.69) is 15.9 Å². The van der Waals surface area contributed by atoms with Crippen LogP contribution < -0.4 is 4.74 Å². The third kappa shape index (κ3) is 4.78. The van der Waals surface area contributed by atoms with E-state index < -0.39 is 0 Å². The van der Waals surface area contributed by atoms with E-state index in [-0.39, 0.29) is 5.91 Å². The van der Waals surface area contributed by atoms with Crippen LogP contribution in [0.5, 0.6) is 5.75 Å². The molecule has 0 saturated carbocycles. The molecule has 0 aliphatic heterocycles. The molecule has 116 valence electrons. The van der Waals surface area contributed by atoms with Crippen molar-refractivity contribution in [1.29, 1.82) is 0 Å². The largest absolute Gasteiger partial charge is 0.497 e. The quantitative estimate of drug-likeness (QED) is 0.704. The maximum Gasteiger partial charge on any atom is 0.232 e. The molecule has 3 nitrogen and oxygen atoms in total. The van der Waals surface area contributed by atoms with Gasteiger partial charge in [-0.05, 0) is 45.8 Å². The Morgan fingerprint density at radius 2 is 2.00 bits per heavy atom. The number of amides is 1. The third-order valence-corrected chi connectivity index (χ3v) is 5.18. The van der Waals surface area contributed by atoms with Crippen LogP contribution in [-0.2, 0) is 11.3 Å². The molecule has 5 heteroatoms. The Kier molecular flexibility index (Phi) is 6.34. The smallest absolute Gasteiger partial charge is 0.232 e. The average molecular weight is 380 g/mol. The Balaban J connectivity index is 1.90. The van der Waals surface area contributed by atoms with Crippen LogP contribution in [0.4, 0.5) is 0 Å². The molecule has 0 aliphatic carbocycles. The molecule has 2 rings (SSSR count). The second kappa shape index (κ2) is 8.25. The average Bonchev–Trinajstić information content (AvgIpc) is 2.54. The normalized spacial score (nSPS) is 10.3. The van der Waals surface area contributed by atoms with Gasteiger partial charge < -0.3 is 9.64 Å². The lowest BCUT2D eigenvalue weighted by molar-refractivity contribution is -0.127. The van der Waals surface area contributed by atoms with Crippen molar-refractivity contribution in [2.24, 2.45) is 0 Å². The molecule has 0 N–H and O–H groups in total. The van der Waals surface area contributed by atoms with Crippen LogP contribution in [0.1, 0.15) is 5.56 Å². The molecule has 0 unspecified atom stereocenters. The van der Waals surface area contributed by atoms with Gasteiger partial charge in [0.1, 0.15) is 5.75 Å². The molecule has 0 bridgehead atoms. The number of hydrogen-bond acceptors (Lipinski definition) is 3. The van der Waals surface area contributed by atoms with Crippen LogP contribution in [0.2, 0.25) is 0 Å². The summed E-state index contributed by atoms with van der Waals surface area (Å²) in [4.78, 5) is 15.1. The van der Waals surface area contributed by atoms with E-state index in [1.807, 2.05) is 55.6 Å². The number of benzene rings is 2. The minimum Gasteiger partial charge on any atom is -0.497 e. The standard InChI is InChI=1S/C17H18BrNO2S/c1-19(11-13-6-5-7-14(10-13)21-2)17(20)12-22-16-9-4-3-8-15(16)18/h3-10H,11-12H2,1-2H3.